The topological polar surface area (TPSA) is 114 Å². The van der Waals surface area contributed by atoms with Crippen LogP contribution in [0.25, 0.3) is 0 Å². The van der Waals surface area contributed by atoms with Gasteiger partial charge in [-0.1, -0.05) is 6.92 Å². The highest BCUT2D eigenvalue weighted by atomic mass is 32.2. The molecule has 0 amide bonds. The van der Waals surface area contributed by atoms with Crippen LogP contribution in [-0.4, -0.2) is 49.5 Å². The van der Waals surface area contributed by atoms with Crippen LogP contribution in [0.3, 0.4) is 0 Å². The van der Waals surface area contributed by atoms with Crippen LogP contribution >= 0.6 is 0 Å². The van der Waals surface area contributed by atoms with Crippen LogP contribution in [0.1, 0.15) is 24.4 Å². The van der Waals surface area contributed by atoms with Crippen molar-refractivity contribution in [2.45, 2.75) is 18.9 Å². The van der Waals surface area contributed by atoms with Gasteiger partial charge in [0.2, 0.25) is 10.9 Å². The standard InChI is InChI=1S/C11H15NO7S/c1-3-12(7-9(13)18-4-2)20(16,17)10-6-5-8(19-10)11(14)15/h5-6H,3-4,7H2,1-2H3,(H,14,15). The summed E-state index contributed by atoms with van der Waals surface area (Å²) < 4.78 is 34.6. The van der Waals surface area contributed by atoms with Crippen molar-refractivity contribution in [3.63, 3.8) is 0 Å². The number of hydrogen-bond donors (Lipinski definition) is 1. The third-order valence-corrected chi connectivity index (χ3v) is 4.14. The van der Waals surface area contributed by atoms with Gasteiger partial charge in [0, 0.05) is 6.54 Å². The van der Waals surface area contributed by atoms with Gasteiger partial charge in [0.15, 0.2) is 0 Å². The molecule has 0 saturated heterocycles. The van der Waals surface area contributed by atoms with Gasteiger partial charge in [0.05, 0.1) is 6.61 Å². The summed E-state index contributed by atoms with van der Waals surface area (Å²) in [6, 6.07) is 2.07. The first kappa shape index (κ1) is 16.2. The maximum Gasteiger partial charge on any atom is 0.371 e. The van der Waals surface area contributed by atoms with E-state index in [1.165, 1.54) is 6.92 Å². The van der Waals surface area contributed by atoms with Crippen LogP contribution in [0.15, 0.2) is 21.6 Å². The number of sulfonamides is 1. The SMILES string of the molecule is CCOC(=O)CN(CC)S(=O)(=O)c1ccc(C(=O)O)o1. The lowest BCUT2D eigenvalue weighted by atomic mass is 10.5. The smallest absolute Gasteiger partial charge is 0.371 e. The summed E-state index contributed by atoms with van der Waals surface area (Å²) in [5, 5.41) is 8.17. The molecule has 1 rings (SSSR count). The number of carboxylic acid groups (broad SMARTS) is 1. The van der Waals surface area contributed by atoms with Crippen molar-refractivity contribution in [3.8, 4) is 0 Å². The molecule has 9 heteroatoms. The number of carbonyl (C=O) groups is 2. The van der Waals surface area contributed by atoms with Gasteiger partial charge < -0.3 is 14.3 Å². The number of carbonyl (C=O) groups excluding carboxylic acids is 1. The summed E-state index contributed by atoms with van der Waals surface area (Å²) >= 11 is 0. The number of carboxylic acids is 1. The van der Waals surface area contributed by atoms with Crippen LogP contribution in [0.5, 0.6) is 0 Å². The van der Waals surface area contributed by atoms with Gasteiger partial charge in [0.25, 0.3) is 10.0 Å². The third-order valence-electron chi connectivity index (χ3n) is 2.35. The number of ether oxygens (including phenoxy) is 1. The second kappa shape index (κ2) is 6.53. The Hall–Kier alpha value is -1.87. The molecule has 20 heavy (non-hydrogen) atoms. The van der Waals surface area contributed by atoms with E-state index in [0.717, 1.165) is 16.4 Å². The molecule has 1 aromatic heterocycles. The van der Waals surface area contributed by atoms with E-state index in [-0.39, 0.29) is 13.2 Å². The molecule has 0 fully saturated rings. The number of rotatable bonds is 7. The van der Waals surface area contributed by atoms with Crippen LogP contribution in [-0.2, 0) is 19.6 Å². The van der Waals surface area contributed by atoms with E-state index in [9.17, 15) is 18.0 Å². The molecule has 0 unspecified atom stereocenters. The van der Waals surface area contributed by atoms with Crippen molar-refractivity contribution in [3.05, 3.63) is 17.9 Å². The van der Waals surface area contributed by atoms with Gasteiger partial charge in [-0.05, 0) is 19.1 Å². The average Bonchev–Trinajstić information content (AvgIpc) is 2.86. The van der Waals surface area contributed by atoms with E-state index in [4.69, 9.17) is 9.52 Å². The number of likely N-dealkylation sites (N-methyl/N-ethyl adjacent to an activating group) is 1. The van der Waals surface area contributed by atoms with Gasteiger partial charge in [-0.25, -0.2) is 13.2 Å². The van der Waals surface area contributed by atoms with E-state index in [1.54, 1.807) is 6.92 Å². The molecular weight excluding hydrogens is 290 g/mol. The number of aromatic carboxylic acids is 1. The predicted octanol–water partition coefficient (Wildman–Crippen LogP) is 0.552. The van der Waals surface area contributed by atoms with Crippen molar-refractivity contribution < 1.29 is 32.3 Å². The fraction of sp³-hybridized carbons (Fsp3) is 0.455. The van der Waals surface area contributed by atoms with Crippen molar-refractivity contribution in [2.75, 3.05) is 19.7 Å². The van der Waals surface area contributed by atoms with Gasteiger partial charge >= 0.3 is 11.9 Å². The first-order valence-electron chi connectivity index (χ1n) is 5.81. The molecule has 0 atom stereocenters. The van der Waals surface area contributed by atoms with Gasteiger partial charge in [-0.3, -0.25) is 4.79 Å². The number of hydrogen-bond acceptors (Lipinski definition) is 6. The van der Waals surface area contributed by atoms with Crippen molar-refractivity contribution in [1.82, 2.24) is 4.31 Å². The Balaban J connectivity index is 2.99. The van der Waals surface area contributed by atoms with Crippen LogP contribution in [0.2, 0.25) is 0 Å². The molecule has 0 spiro atoms. The fourth-order valence-electron chi connectivity index (χ4n) is 1.42. The maximum absolute atomic E-state index is 12.2. The summed E-state index contributed by atoms with van der Waals surface area (Å²) in [6.45, 7) is 2.84. The number of nitrogens with zero attached hydrogens (tertiary/aromatic N) is 1. The van der Waals surface area contributed by atoms with Crippen molar-refractivity contribution in [1.29, 1.82) is 0 Å². The second-order valence-corrected chi connectivity index (χ2v) is 5.53. The second-order valence-electron chi connectivity index (χ2n) is 3.66. The lowest BCUT2D eigenvalue weighted by Crippen LogP contribution is -2.36. The summed E-state index contributed by atoms with van der Waals surface area (Å²) in [5.41, 5.74) is 0. The number of furan rings is 1. The first-order valence-corrected chi connectivity index (χ1v) is 7.25. The summed E-state index contributed by atoms with van der Waals surface area (Å²) in [4.78, 5) is 22.0. The van der Waals surface area contributed by atoms with Crippen LogP contribution in [0.4, 0.5) is 0 Å². The Labute approximate surface area is 116 Å². The minimum absolute atomic E-state index is 0.0181. The summed E-state index contributed by atoms with van der Waals surface area (Å²) in [6.07, 6.45) is 0. The first-order chi connectivity index (χ1) is 9.32. The Bertz CT molecular complexity index is 590. The molecule has 0 saturated carbocycles. The van der Waals surface area contributed by atoms with Gasteiger partial charge in [-0.15, -0.1) is 0 Å². The molecule has 1 heterocycles. The zero-order chi connectivity index (χ0) is 15.3. The molecule has 0 aliphatic carbocycles. The van der Waals surface area contributed by atoms with Gasteiger partial charge in [0.1, 0.15) is 6.54 Å². The number of esters is 1. The quantitative estimate of drug-likeness (QED) is 0.731. The lowest BCUT2D eigenvalue weighted by molar-refractivity contribution is -0.143. The highest BCUT2D eigenvalue weighted by molar-refractivity contribution is 7.89. The highest BCUT2D eigenvalue weighted by Crippen LogP contribution is 2.18. The minimum atomic E-state index is -4.07. The molecular formula is C11H15NO7S. The highest BCUT2D eigenvalue weighted by Gasteiger charge is 2.29. The maximum atomic E-state index is 12.2. The molecule has 0 bridgehead atoms. The Kier molecular flexibility index (Phi) is 5.28. The van der Waals surface area contributed by atoms with Crippen LogP contribution < -0.4 is 0 Å². The Morgan fingerprint density at radius 3 is 2.45 bits per heavy atom. The van der Waals surface area contributed by atoms with E-state index in [2.05, 4.69) is 4.74 Å². The average molecular weight is 305 g/mol. The molecule has 112 valence electrons. The summed E-state index contributed by atoms with van der Waals surface area (Å²) in [5.74, 6) is -2.56. The zero-order valence-electron chi connectivity index (χ0n) is 11.0. The van der Waals surface area contributed by atoms with Crippen molar-refractivity contribution in [2.24, 2.45) is 0 Å². The van der Waals surface area contributed by atoms with E-state index >= 15 is 0 Å². The largest absolute Gasteiger partial charge is 0.475 e. The molecule has 0 aromatic carbocycles. The monoisotopic (exact) mass is 305 g/mol. The third kappa shape index (κ3) is 3.58. The normalized spacial score (nSPS) is 11.6. The predicted molar refractivity (Wildman–Crippen MR) is 66.7 cm³/mol. The van der Waals surface area contributed by atoms with E-state index < -0.39 is 39.4 Å². The van der Waals surface area contributed by atoms with E-state index in [1.807, 2.05) is 0 Å². The zero-order valence-corrected chi connectivity index (χ0v) is 11.8. The van der Waals surface area contributed by atoms with Gasteiger partial charge in [-0.2, -0.15) is 4.31 Å². The molecule has 1 N–H and O–H groups in total. The molecule has 0 aliphatic heterocycles. The van der Waals surface area contributed by atoms with Crippen LogP contribution in [0, 0.1) is 0 Å². The molecule has 0 radical (unpaired) electrons. The minimum Gasteiger partial charge on any atom is -0.475 e. The van der Waals surface area contributed by atoms with Crippen molar-refractivity contribution >= 4 is 22.0 Å². The molecule has 0 aliphatic rings. The van der Waals surface area contributed by atoms with E-state index in [0.29, 0.717) is 0 Å². The molecule has 8 nitrogen and oxygen atoms in total. The summed E-state index contributed by atoms with van der Waals surface area (Å²) in [7, 11) is -4.07. The lowest BCUT2D eigenvalue weighted by Gasteiger charge is -2.17. The Morgan fingerprint density at radius 1 is 1.35 bits per heavy atom. The fourth-order valence-corrected chi connectivity index (χ4v) is 2.72. The Morgan fingerprint density at radius 2 is 2.00 bits per heavy atom. The molecule has 1 aromatic rings.